The molecule has 0 radical (unpaired) electrons. The van der Waals surface area contributed by atoms with Crippen molar-refractivity contribution in [2.45, 2.75) is 24.4 Å². The highest BCUT2D eigenvalue weighted by molar-refractivity contribution is 5.18. The van der Waals surface area contributed by atoms with Crippen LogP contribution in [-0.2, 0) is 4.74 Å². The van der Waals surface area contributed by atoms with Crippen molar-refractivity contribution < 1.29 is 24.4 Å². The van der Waals surface area contributed by atoms with Crippen LogP contribution in [0, 0.1) is 5.95 Å². The van der Waals surface area contributed by atoms with Crippen molar-refractivity contribution in [1.82, 2.24) is 4.98 Å². The van der Waals surface area contributed by atoms with Gasteiger partial charge in [-0.15, -0.1) is 0 Å². The molecule has 4 unspecified atom stereocenters. The Hall–Kier alpha value is -1.28. The standard InChI is InChI=1S/C10H12FNO5/c11-10-4(1-2-6(14)12-10)9-8(16)7(15)5(3-13)17-9/h1-2,5,7-9,13,15-16H,3H2,(H,12,14). The lowest BCUT2D eigenvalue weighted by molar-refractivity contribution is -0.0238. The molecule has 1 aromatic rings. The molecule has 0 aliphatic carbocycles. The fraction of sp³-hybridized carbons (Fsp3) is 0.500. The molecule has 6 nitrogen and oxygen atoms in total. The van der Waals surface area contributed by atoms with Crippen LogP contribution in [-0.4, -0.2) is 45.2 Å². The number of aliphatic hydroxyl groups excluding tert-OH is 3. The van der Waals surface area contributed by atoms with Crippen molar-refractivity contribution in [1.29, 1.82) is 0 Å². The van der Waals surface area contributed by atoms with E-state index >= 15 is 0 Å². The summed E-state index contributed by atoms with van der Waals surface area (Å²) >= 11 is 0. The van der Waals surface area contributed by atoms with Crippen molar-refractivity contribution in [3.05, 3.63) is 34.0 Å². The van der Waals surface area contributed by atoms with Gasteiger partial charge >= 0.3 is 0 Å². The summed E-state index contributed by atoms with van der Waals surface area (Å²) in [5.74, 6) is -0.924. The van der Waals surface area contributed by atoms with Crippen LogP contribution in [0.15, 0.2) is 16.9 Å². The van der Waals surface area contributed by atoms with Gasteiger partial charge in [-0.25, -0.2) is 0 Å². The van der Waals surface area contributed by atoms with Crippen LogP contribution in [0.3, 0.4) is 0 Å². The van der Waals surface area contributed by atoms with E-state index in [-0.39, 0.29) is 5.56 Å². The second-order valence-corrected chi connectivity index (χ2v) is 3.85. The van der Waals surface area contributed by atoms with E-state index in [9.17, 15) is 19.4 Å². The van der Waals surface area contributed by atoms with Gasteiger partial charge in [-0.05, 0) is 6.07 Å². The summed E-state index contributed by atoms with van der Waals surface area (Å²) in [4.78, 5) is 12.8. The van der Waals surface area contributed by atoms with Gasteiger partial charge < -0.3 is 20.1 Å². The first-order valence-electron chi connectivity index (χ1n) is 5.05. The normalized spacial score (nSPS) is 32.9. The van der Waals surface area contributed by atoms with Gasteiger partial charge in [0.05, 0.1) is 6.61 Å². The molecule has 0 aromatic carbocycles. The SMILES string of the molecule is O=c1ccc(C2OC(CO)C(O)C2O)c(F)[nH]1. The molecule has 0 saturated carbocycles. The third-order valence-corrected chi connectivity index (χ3v) is 2.75. The number of nitrogens with one attached hydrogen (secondary N) is 1. The quantitative estimate of drug-likeness (QED) is 0.483. The highest BCUT2D eigenvalue weighted by atomic mass is 19.1. The lowest BCUT2D eigenvalue weighted by Gasteiger charge is -2.14. The summed E-state index contributed by atoms with van der Waals surface area (Å²) in [5, 5.41) is 28.1. The summed E-state index contributed by atoms with van der Waals surface area (Å²) < 4.78 is 18.6. The molecule has 0 spiro atoms. The summed E-state index contributed by atoms with van der Waals surface area (Å²) in [6.45, 7) is -0.486. The molecular formula is C10H12FNO5. The van der Waals surface area contributed by atoms with E-state index in [4.69, 9.17) is 9.84 Å². The average Bonchev–Trinajstić information content (AvgIpc) is 2.57. The summed E-state index contributed by atoms with van der Waals surface area (Å²) in [5.41, 5.74) is -0.676. The molecule has 4 atom stereocenters. The number of aromatic amines is 1. The number of halogens is 1. The van der Waals surface area contributed by atoms with E-state index in [1.54, 1.807) is 0 Å². The Morgan fingerprint density at radius 1 is 1.35 bits per heavy atom. The van der Waals surface area contributed by atoms with Crippen LogP contribution in [0.25, 0.3) is 0 Å². The number of hydrogen-bond donors (Lipinski definition) is 4. The first-order valence-corrected chi connectivity index (χ1v) is 5.05. The van der Waals surface area contributed by atoms with Crippen molar-refractivity contribution in [2.75, 3.05) is 6.61 Å². The van der Waals surface area contributed by atoms with Crippen LogP contribution in [0.4, 0.5) is 4.39 Å². The number of ether oxygens (including phenoxy) is 1. The number of hydrogen-bond acceptors (Lipinski definition) is 5. The number of rotatable bonds is 2. The van der Waals surface area contributed by atoms with Crippen LogP contribution in [0.5, 0.6) is 0 Å². The van der Waals surface area contributed by atoms with Gasteiger partial charge in [0, 0.05) is 11.6 Å². The Balaban J connectivity index is 2.32. The Kier molecular flexibility index (Phi) is 3.25. The molecule has 2 rings (SSSR count). The molecule has 0 amide bonds. The fourth-order valence-corrected chi connectivity index (χ4v) is 1.84. The minimum Gasteiger partial charge on any atom is -0.394 e. The van der Waals surface area contributed by atoms with Crippen molar-refractivity contribution >= 4 is 0 Å². The van der Waals surface area contributed by atoms with Gasteiger partial charge in [-0.1, -0.05) is 0 Å². The number of aliphatic hydroxyl groups is 3. The molecule has 2 heterocycles. The van der Waals surface area contributed by atoms with Crippen molar-refractivity contribution in [2.24, 2.45) is 0 Å². The fourth-order valence-electron chi connectivity index (χ4n) is 1.84. The van der Waals surface area contributed by atoms with E-state index in [1.807, 2.05) is 4.98 Å². The van der Waals surface area contributed by atoms with Crippen LogP contribution >= 0.6 is 0 Å². The smallest absolute Gasteiger partial charge is 0.250 e. The Labute approximate surface area is 95.3 Å². The molecule has 1 saturated heterocycles. The van der Waals surface area contributed by atoms with E-state index in [0.717, 1.165) is 6.07 Å². The zero-order chi connectivity index (χ0) is 12.6. The highest BCUT2D eigenvalue weighted by Crippen LogP contribution is 2.33. The largest absolute Gasteiger partial charge is 0.394 e. The maximum absolute atomic E-state index is 13.4. The van der Waals surface area contributed by atoms with E-state index < -0.39 is 42.5 Å². The molecule has 7 heteroatoms. The zero-order valence-corrected chi connectivity index (χ0v) is 8.71. The van der Waals surface area contributed by atoms with Crippen LogP contribution < -0.4 is 5.56 Å². The molecule has 1 aliphatic heterocycles. The van der Waals surface area contributed by atoms with Gasteiger partial charge in [0.15, 0.2) is 5.95 Å². The van der Waals surface area contributed by atoms with Crippen molar-refractivity contribution in [3.63, 3.8) is 0 Å². The third kappa shape index (κ3) is 2.09. The van der Waals surface area contributed by atoms with Gasteiger partial charge in [-0.3, -0.25) is 9.78 Å². The van der Waals surface area contributed by atoms with Gasteiger partial charge in [0.2, 0.25) is 5.56 Å². The van der Waals surface area contributed by atoms with E-state index in [0.29, 0.717) is 0 Å². The predicted molar refractivity (Wildman–Crippen MR) is 53.7 cm³/mol. The molecular weight excluding hydrogens is 233 g/mol. The number of pyridine rings is 1. The van der Waals surface area contributed by atoms with E-state index in [1.165, 1.54) is 6.07 Å². The first-order chi connectivity index (χ1) is 8.04. The van der Waals surface area contributed by atoms with Gasteiger partial charge in [-0.2, -0.15) is 4.39 Å². The second-order valence-electron chi connectivity index (χ2n) is 3.85. The number of H-pyrrole nitrogens is 1. The summed E-state index contributed by atoms with van der Waals surface area (Å²) in [7, 11) is 0. The summed E-state index contributed by atoms with van der Waals surface area (Å²) in [6, 6.07) is 2.27. The highest BCUT2D eigenvalue weighted by Gasteiger charge is 2.44. The maximum atomic E-state index is 13.4. The Morgan fingerprint density at radius 3 is 2.59 bits per heavy atom. The van der Waals surface area contributed by atoms with Crippen LogP contribution in [0.1, 0.15) is 11.7 Å². The first kappa shape index (κ1) is 12.2. The molecule has 1 fully saturated rings. The van der Waals surface area contributed by atoms with Crippen LogP contribution in [0.2, 0.25) is 0 Å². The molecule has 94 valence electrons. The minimum absolute atomic E-state index is 0.0629. The molecule has 17 heavy (non-hydrogen) atoms. The molecule has 1 aromatic heterocycles. The van der Waals surface area contributed by atoms with E-state index in [2.05, 4.69) is 0 Å². The zero-order valence-electron chi connectivity index (χ0n) is 8.71. The second kappa shape index (κ2) is 4.53. The average molecular weight is 245 g/mol. The monoisotopic (exact) mass is 245 g/mol. The van der Waals surface area contributed by atoms with Crippen molar-refractivity contribution in [3.8, 4) is 0 Å². The summed E-state index contributed by atoms with van der Waals surface area (Å²) in [6.07, 6.45) is -4.73. The minimum atomic E-state index is -1.35. The topological polar surface area (TPSA) is 103 Å². The third-order valence-electron chi connectivity index (χ3n) is 2.75. The predicted octanol–water partition coefficient (Wildman–Crippen LogP) is -1.33. The molecule has 4 N–H and O–H groups in total. The molecule has 0 bridgehead atoms. The molecule has 1 aliphatic rings. The Morgan fingerprint density at radius 2 is 2.06 bits per heavy atom. The Bertz CT molecular complexity index is 462. The number of aromatic nitrogens is 1. The lowest BCUT2D eigenvalue weighted by Crippen LogP contribution is -2.32. The van der Waals surface area contributed by atoms with Gasteiger partial charge in [0.1, 0.15) is 24.4 Å². The maximum Gasteiger partial charge on any atom is 0.250 e. The van der Waals surface area contributed by atoms with Gasteiger partial charge in [0.25, 0.3) is 0 Å². The lowest BCUT2D eigenvalue weighted by atomic mass is 10.0.